The maximum absolute atomic E-state index is 13.4. The van der Waals surface area contributed by atoms with Crippen LogP contribution in [0.5, 0.6) is 0 Å². The van der Waals surface area contributed by atoms with Gasteiger partial charge in [-0.2, -0.15) is 0 Å². The van der Waals surface area contributed by atoms with Gasteiger partial charge in [0.2, 0.25) is 0 Å². The van der Waals surface area contributed by atoms with Gasteiger partial charge in [0, 0.05) is 24.6 Å². The molecule has 0 radical (unpaired) electrons. The van der Waals surface area contributed by atoms with Crippen LogP contribution in [0.3, 0.4) is 0 Å². The molecule has 0 aliphatic rings. The molecule has 26 heavy (non-hydrogen) atoms. The van der Waals surface area contributed by atoms with Crippen molar-refractivity contribution in [3.05, 3.63) is 95.3 Å². The molecule has 0 fully saturated rings. The monoisotopic (exact) mass is 349 g/mol. The van der Waals surface area contributed by atoms with Gasteiger partial charge in [-0.15, -0.1) is 0 Å². The van der Waals surface area contributed by atoms with Crippen molar-refractivity contribution in [3.63, 3.8) is 0 Å². The Labute approximate surface area is 152 Å². The second-order valence-corrected chi connectivity index (χ2v) is 5.99. The van der Waals surface area contributed by atoms with E-state index in [2.05, 4.69) is 9.97 Å². The lowest BCUT2D eigenvalue weighted by Crippen LogP contribution is -2.36. The van der Waals surface area contributed by atoms with Crippen molar-refractivity contribution in [3.8, 4) is 0 Å². The maximum atomic E-state index is 13.4. The third-order valence-electron chi connectivity index (χ3n) is 4.23. The Kier molecular flexibility index (Phi) is 5.37. The largest absolute Gasteiger partial charge is 0.326 e. The normalized spacial score (nSPS) is 11.8. The van der Waals surface area contributed by atoms with Gasteiger partial charge in [-0.3, -0.25) is 9.78 Å². The molecule has 5 heteroatoms. The average molecular weight is 349 g/mol. The molecule has 0 unspecified atom stereocenters. The Hall–Kier alpha value is -3.08. The quantitative estimate of drug-likeness (QED) is 0.694. The van der Waals surface area contributed by atoms with Crippen LogP contribution in [0.4, 0.5) is 4.39 Å². The Bertz CT molecular complexity index is 881. The van der Waals surface area contributed by atoms with E-state index in [0.717, 1.165) is 16.8 Å². The number of benzene rings is 1. The van der Waals surface area contributed by atoms with E-state index in [-0.39, 0.29) is 17.8 Å². The molecule has 0 spiro atoms. The van der Waals surface area contributed by atoms with Crippen LogP contribution in [0.1, 0.15) is 40.3 Å². The SMILES string of the molecule is CCN(C(=O)c1cccc(C)n1)[C@H](c1ccncc1)c1ccc(F)cc1. The number of halogens is 1. The summed E-state index contributed by atoms with van der Waals surface area (Å²) >= 11 is 0. The fourth-order valence-corrected chi connectivity index (χ4v) is 3.00. The molecular weight excluding hydrogens is 329 g/mol. The Morgan fingerprint density at radius 3 is 2.31 bits per heavy atom. The molecule has 0 saturated carbocycles. The van der Waals surface area contributed by atoms with Gasteiger partial charge in [0.15, 0.2) is 0 Å². The molecule has 0 saturated heterocycles. The number of hydrogen-bond donors (Lipinski definition) is 0. The average Bonchev–Trinajstić information content (AvgIpc) is 2.67. The van der Waals surface area contributed by atoms with Gasteiger partial charge in [-0.05, 0) is 61.4 Å². The number of aryl methyl sites for hydroxylation is 1. The van der Waals surface area contributed by atoms with Crippen molar-refractivity contribution >= 4 is 5.91 Å². The molecule has 0 aliphatic heterocycles. The van der Waals surface area contributed by atoms with Gasteiger partial charge >= 0.3 is 0 Å². The minimum Gasteiger partial charge on any atom is -0.326 e. The molecule has 0 N–H and O–H groups in total. The van der Waals surface area contributed by atoms with E-state index in [0.29, 0.717) is 12.2 Å². The molecule has 4 nitrogen and oxygen atoms in total. The summed E-state index contributed by atoms with van der Waals surface area (Å²) < 4.78 is 13.4. The van der Waals surface area contributed by atoms with Gasteiger partial charge < -0.3 is 4.90 Å². The molecule has 0 bridgehead atoms. The van der Waals surface area contributed by atoms with Crippen LogP contribution in [0.2, 0.25) is 0 Å². The molecule has 132 valence electrons. The minimum atomic E-state index is -0.349. The first-order valence-electron chi connectivity index (χ1n) is 8.50. The molecule has 3 aromatic rings. The summed E-state index contributed by atoms with van der Waals surface area (Å²) in [5, 5.41) is 0. The van der Waals surface area contributed by atoms with Crippen LogP contribution in [-0.2, 0) is 0 Å². The molecule has 1 atom stereocenters. The Morgan fingerprint density at radius 1 is 1.04 bits per heavy atom. The lowest BCUT2D eigenvalue weighted by Gasteiger charge is -2.31. The highest BCUT2D eigenvalue weighted by Crippen LogP contribution is 2.29. The van der Waals surface area contributed by atoms with Crippen LogP contribution < -0.4 is 0 Å². The van der Waals surface area contributed by atoms with Gasteiger partial charge in [0.05, 0.1) is 6.04 Å². The summed E-state index contributed by atoms with van der Waals surface area (Å²) in [6.07, 6.45) is 3.38. The number of hydrogen-bond acceptors (Lipinski definition) is 3. The van der Waals surface area contributed by atoms with Crippen molar-refractivity contribution in [2.45, 2.75) is 19.9 Å². The lowest BCUT2D eigenvalue weighted by atomic mass is 9.97. The van der Waals surface area contributed by atoms with Crippen LogP contribution in [0.15, 0.2) is 67.0 Å². The predicted molar refractivity (Wildman–Crippen MR) is 98.2 cm³/mol. The number of rotatable bonds is 5. The van der Waals surface area contributed by atoms with E-state index in [4.69, 9.17) is 0 Å². The number of amides is 1. The predicted octanol–water partition coefficient (Wildman–Crippen LogP) is 4.18. The fourth-order valence-electron chi connectivity index (χ4n) is 3.00. The molecule has 1 amide bonds. The molecule has 0 aliphatic carbocycles. The van der Waals surface area contributed by atoms with Gasteiger partial charge in [-0.1, -0.05) is 18.2 Å². The highest BCUT2D eigenvalue weighted by molar-refractivity contribution is 5.93. The molecule has 3 rings (SSSR count). The van der Waals surface area contributed by atoms with E-state index in [1.807, 2.05) is 38.1 Å². The molecule has 1 aromatic carbocycles. The summed E-state index contributed by atoms with van der Waals surface area (Å²) in [7, 11) is 0. The van der Waals surface area contributed by atoms with Crippen molar-refractivity contribution in [2.75, 3.05) is 6.54 Å². The summed E-state index contributed by atoms with van der Waals surface area (Å²) in [6, 6.07) is 15.0. The zero-order chi connectivity index (χ0) is 18.5. The molecular formula is C21H20FN3O. The molecule has 2 heterocycles. The summed E-state index contributed by atoms with van der Waals surface area (Å²) in [5.74, 6) is -0.473. The minimum absolute atomic E-state index is 0.165. The lowest BCUT2D eigenvalue weighted by molar-refractivity contribution is 0.0711. The van der Waals surface area contributed by atoms with E-state index >= 15 is 0 Å². The van der Waals surface area contributed by atoms with Crippen LogP contribution in [0, 0.1) is 12.7 Å². The topological polar surface area (TPSA) is 46.1 Å². The number of pyridine rings is 2. The van der Waals surface area contributed by atoms with Gasteiger partial charge in [0.1, 0.15) is 11.5 Å². The van der Waals surface area contributed by atoms with Crippen molar-refractivity contribution in [2.24, 2.45) is 0 Å². The zero-order valence-electron chi connectivity index (χ0n) is 14.8. The number of carbonyl (C=O) groups is 1. The third kappa shape index (κ3) is 3.77. The summed E-state index contributed by atoms with van der Waals surface area (Å²) in [6.45, 7) is 4.26. The van der Waals surface area contributed by atoms with Gasteiger partial charge in [0.25, 0.3) is 5.91 Å². The number of carbonyl (C=O) groups excluding carboxylic acids is 1. The first-order chi connectivity index (χ1) is 12.6. The van der Waals surface area contributed by atoms with Crippen LogP contribution in [-0.4, -0.2) is 27.3 Å². The fraction of sp³-hybridized carbons (Fsp3) is 0.190. The van der Waals surface area contributed by atoms with Crippen LogP contribution >= 0.6 is 0 Å². The first kappa shape index (κ1) is 17.7. The smallest absolute Gasteiger partial charge is 0.273 e. The standard InChI is InChI=1S/C21H20FN3O/c1-3-25(21(26)19-6-4-5-15(2)24-19)20(17-11-13-23-14-12-17)16-7-9-18(22)10-8-16/h4-14,20H,3H2,1-2H3/t20-/m0/s1. The van der Waals surface area contributed by atoms with Crippen molar-refractivity contribution in [1.82, 2.24) is 14.9 Å². The number of aromatic nitrogens is 2. The summed E-state index contributed by atoms with van der Waals surface area (Å²) in [5.41, 5.74) is 2.93. The van der Waals surface area contributed by atoms with Crippen molar-refractivity contribution in [1.29, 1.82) is 0 Å². The van der Waals surface area contributed by atoms with E-state index in [1.54, 1.807) is 35.5 Å². The van der Waals surface area contributed by atoms with Crippen molar-refractivity contribution < 1.29 is 9.18 Å². The third-order valence-corrected chi connectivity index (χ3v) is 4.23. The summed E-state index contributed by atoms with van der Waals surface area (Å²) in [4.78, 5) is 23.3. The Balaban J connectivity index is 2.06. The first-order valence-corrected chi connectivity index (χ1v) is 8.50. The zero-order valence-corrected chi connectivity index (χ0v) is 14.8. The highest BCUT2D eigenvalue weighted by Gasteiger charge is 2.27. The highest BCUT2D eigenvalue weighted by atomic mass is 19.1. The second kappa shape index (κ2) is 7.87. The van der Waals surface area contributed by atoms with E-state index in [1.165, 1.54) is 12.1 Å². The van der Waals surface area contributed by atoms with Gasteiger partial charge in [-0.25, -0.2) is 9.37 Å². The Morgan fingerprint density at radius 2 is 1.69 bits per heavy atom. The van der Waals surface area contributed by atoms with E-state index < -0.39 is 0 Å². The van der Waals surface area contributed by atoms with Crippen LogP contribution in [0.25, 0.3) is 0 Å². The number of nitrogens with zero attached hydrogens (tertiary/aromatic N) is 3. The maximum Gasteiger partial charge on any atom is 0.273 e. The molecule has 2 aromatic heterocycles. The second-order valence-electron chi connectivity index (χ2n) is 5.99. The van der Waals surface area contributed by atoms with E-state index in [9.17, 15) is 9.18 Å².